The molecular formula is C22H32N6O3S. The zero-order chi connectivity index (χ0) is 22.3. The highest BCUT2D eigenvalue weighted by Crippen LogP contribution is 2.29. The van der Waals surface area contributed by atoms with Gasteiger partial charge in [-0.05, 0) is 37.8 Å². The molecule has 2 aliphatic rings. The minimum Gasteiger partial charge on any atom is -0.468 e. The molecule has 0 bridgehead atoms. The van der Waals surface area contributed by atoms with Gasteiger partial charge in [-0.1, -0.05) is 24.2 Å². The molecule has 2 amide bonds. The van der Waals surface area contributed by atoms with Crippen LogP contribution < -0.4 is 15.1 Å². The van der Waals surface area contributed by atoms with Crippen LogP contribution in [0.3, 0.4) is 0 Å². The van der Waals surface area contributed by atoms with Crippen LogP contribution >= 0.6 is 11.3 Å². The van der Waals surface area contributed by atoms with E-state index in [0.717, 1.165) is 31.7 Å². The van der Waals surface area contributed by atoms with Crippen LogP contribution in [0.15, 0.2) is 22.8 Å². The minimum absolute atomic E-state index is 0.0417. The van der Waals surface area contributed by atoms with Gasteiger partial charge in [-0.25, -0.2) is 0 Å². The molecule has 2 fully saturated rings. The first kappa shape index (κ1) is 22.7. The Balaban J connectivity index is 1.19. The van der Waals surface area contributed by atoms with Gasteiger partial charge in [0.2, 0.25) is 22.1 Å². The number of rotatable bonds is 11. The molecule has 3 heterocycles. The fourth-order valence-electron chi connectivity index (χ4n) is 4.43. The van der Waals surface area contributed by atoms with Gasteiger partial charge in [0.05, 0.1) is 19.4 Å². The molecule has 2 aromatic rings. The summed E-state index contributed by atoms with van der Waals surface area (Å²) in [7, 11) is 1.82. The third-order valence-corrected chi connectivity index (χ3v) is 7.20. The molecule has 0 unspecified atom stereocenters. The molecule has 9 nitrogen and oxygen atoms in total. The maximum absolute atomic E-state index is 12.4. The number of carbonyl (C=O) groups excluding carboxylic acids is 2. The fourth-order valence-corrected chi connectivity index (χ4v) is 5.28. The molecule has 174 valence electrons. The molecule has 2 aromatic heterocycles. The second-order valence-electron chi connectivity index (χ2n) is 8.56. The highest BCUT2D eigenvalue weighted by atomic mass is 32.1. The Morgan fingerprint density at radius 3 is 2.88 bits per heavy atom. The highest BCUT2D eigenvalue weighted by Gasteiger charge is 2.26. The van der Waals surface area contributed by atoms with Crippen molar-refractivity contribution in [2.45, 2.75) is 57.5 Å². The lowest BCUT2D eigenvalue weighted by Crippen LogP contribution is -2.38. The second-order valence-corrected chi connectivity index (χ2v) is 9.50. The lowest BCUT2D eigenvalue weighted by Gasteiger charge is -2.28. The predicted molar refractivity (Wildman–Crippen MR) is 124 cm³/mol. The van der Waals surface area contributed by atoms with E-state index in [1.807, 2.05) is 19.2 Å². The summed E-state index contributed by atoms with van der Waals surface area (Å²) in [6.45, 7) is 3.30. The number of nitrogens with zero attached hydrogens (tertiary/aromatic N) is 5. The van der Waals surface area contributed by atoms with E-state index in [2.05, 4.69) is 20.4 Å². The first-order valence-electron chi connectivity index (χ1n) is 11.5. The molecular weight excluding hydrogens is 428 g/mol. The fraction of sp³-hybridized carbons (Fsp3) is 0.636. The van der Waals surface area contributed by atoms with Crippen molar-refractivity contribution in [3.8, 4) is 0 Å². The summed E-state index contributed by atoms with van der Waals surface area (Å²) in [5, 5.41) is 12.5. The molecule has 1 N–H and O–H groups in total. The number of likely N-dealkylation sites (N-methyl/N-ethyl adjacent to an activating group) is 1. The zero-order valence-corrected chi connectivity index (χ0v) is 19.5. The normalized spacial score (nSPS) is 16.9. The predicted octanol–water partition coefficient (Wildman–Crippen LogP) is 2.65. The van der Waals surface area contributed by atoms with E-state index in [-0.39, 0.29) is 18.4 Å². The van der Waals surface area contributed by atoms with Crippen LogP contribution in [0.25, 0.3) is 0 Å². The molecule has 1 aliphatic carbocycles. The summed E-state index contributed by atoms with van der Waals surface area (Å²) >= 11 is 1.35. The van der Waals surface area contributed by atoms with E-state index < -0.39 is 0 Å². The summed E-state index contributed by atoms with van der Waals surface area (Å²) < 4.78 is 5.55. The number of amides is 2. The van der Waals surface area contributed by atoms with Gasteiger partial charge in [0, 0.05) is 39.1 Å². The average molecular weight is 461 g/mol. The van der Waals surface area contributed by atoms with E-state index in [1.54, 1.807) is 16.1 Å². The van der Waals surface area contributed by atoms with Crippen LogP contribution in [-0.4, -0.2) is 66.2 Å². The van der Waals surface area contributed by atoms with E-state index in [1.165, 1.54) is 37.0 Å². The van der Waals surface area contributed by atoms with E-state index >= 15 is 0 Å². The van der Waals surface area contributed by atoms with Gasteiger partial charge in [0.15, 0.2) is 0 Å². The third-order valence-electron chi connectivity index (χ3n) is 6.14. The van der Waals surface area contributed by atoms with Crippen molar-refractivity contribution in [1.29, 1.82) is 0 Å². The zero-order valence-electron chi connectivity index (χ0n) is 18.7. The monoisotopic (exact) mass is 460 g/mol. The second kappa shape index (κ2) is 10.9. The minimum atomic E-state index is -0.0417. The number of carbonyl (C=O) groups is 2. The number of hydrogen-bond acceptors (Lipinski definition) is 8. The summed E-state index contributed by atoms with van der Waals surface area (Å²) in [6.07, 6.45) is 9.10. The van der Waals surface area contributed by atoms with Gasteiger partial charge in [0.1, 0.15) is 5.76 Å². The first-order valence-corrected chi connectivity index (χ1v) is 12.3. The van der Waals surface area contributed by atoms with Gasteiger partial charge in [-0.15, -0.1) is 10.2 Å². The summed E-state index contributed by atoms with van der Waals surface area (Å²) in [5.74, 6) is 1.04. The van der Waals surface area contributed by atoms with E-state index in [0.29, 0.717) is 35.8 Å². The number of furan rings is 1. The number of anilines is 2. The Labute approximate surface area is 192 Å². The van der Waals surface area contributed by atoms with Crippen molar-refractivity contribution in [2.24, 2.45) is 0 Å². The summed E-state index contributed by atoms with van der Waals surface area (Å²) in [6, 6.07) is 4.57. The lowest BCUT2D eigenvalue weighted by molar-refractivity contribution is -0.120. The van der Waals surface area contributed by atoms with Crippen molar-refractivity contribution in [3.63, 3.8) is 0 Å². The maximum atomic E-state index is 12.4. The van der Waals surface area contributed by atoms with Crippen LogP contribution in [0.1, 0.15) is 50.7 Å². The largest absolute Gasteiger partial charge is 0.468 e. The van der Waals surface area contributed by atoms with E-state index in [9.17, 15) is 9.59 Å². The molecule has 32 heavy (non-hydrogen) atoms. The Bertz CT molecular complexity index is 880. The van der Waals surface area contributed by atoms with Gasteiger partial charge in [-0.3, -0.25) is 19.4 Å². The van der Waals surface area contributed by atoms with Crippen LogP contribution in [0.2, 0.25) is 0 Å². The van der Waals surface area contributed by atoms with Crippen molar-refractivity contribution in [1.82, 2.24) is 20.4 Å². The molecule has 0 atom stereocenters. The molecule has 4 rings (SSSR count). The third kappa shape index (κ3) is 5.86. The smallest absolute Gasteiger partial charge is 0.239 e. The number of hydrogen-bond donors (Lipinski definition) is 1. The molecule has 1 aliphatic heterocycles. The average Bonchev–Trinajstić information content (AvgIpc) is 3.57. The number of aromatic nitrogens is 2. The summed E-state index contributed by atoms with van der Waals surface area (Å²) in [5.41, 5.74) is 0. The Kier molecular flexibility index (Phi) is 7.75. The van der Waals surface area contributed by atoms with Gasteiger partial charge < -0.3 is 14.6 Å². The van der Waals surface area contributed by atoms with Crippen LogP contribution in [0.4, 0.5) is 10.3 Å². The van der Waals surface area contributed by atoms with Crippen molar-refractivity contribution < 1.29 is 14.0 Å². The van der Waals surface area contributed by atoms with Crippen molar-refractivity contribution >= 4 is 33.4 Å². The summed E-state index contributed by atoms with van der Waals surface area (Å²) in [4.78, 5) is 30.2. The number of nitrogens with one attached hydrogen (secondary N) is 1. The van der Waals surface area contributed by atoms with Gasteiger partial charge >= 0.3 is 0 Å². The molecule has 0 radical (unpaired) electrons. The molecule has 0 spiro atoms. The van der Waals surface area contributed by atoms with E-state index in [4.69, 9.17) is 4.42 Å². The Morgan fingerprint density at radius 2 is 2.16 bits per heavy atom. The Hall–Kier alpha value is -2.46. The topological polar surface area (TPSA) is 94.8 Å². The van der Waals surface area contributed by atoms with Gasteiger partial charge in [0.25, 0.3) is 0 Å². The van der Waals surface area contributed by atoms with Crippen LogP contribution in [0, 0.1) is 0 Å². The molecule has 1 saturated carbocycles. The first-order chi connectivity index (χ1) is 15.6. The molecule has 1 saturated heterocycles. The highest BCUT2D eigenvalue weighted by molar-refractivity contribution is 7.19. The Morgan fingerprint density at radius 1 is 1.31 bits per heavy atom. The van der Waals surface area contributed by atoms with Crippen LogP contribution in [-0.2, 0) is 16.1 Å². The van der Waals surface area contributed by atoms with Crippen LogP contribution in [0.5, 0.6) is 0 Å². The maximum Gasteiger partial charge on any atom is 0.239 e. The standard InChI is InChI=1S/C22H32N6O3S/c1-26(21-24-25-22(32-21)28-13-4-10-20(28)30)16-19(29)23-11-6-12-27(17-7-2-3-8-17)15-18-9-5-14-31-18/h5,9,14,17H,2-4,6-8,10-13,15-16H2,1H3,(H,23,29). The van der Waals surface area contributed by atoms with Gasteiger partial charge in [-0.2, -0.15) is 0 Å². The molecule has 10 heteroatoms. The quantitative estimate of drug-likeness (QED) is 0.515. The lowest BCUT2D eigenvalue weighted by atomic mass is 10.2. The van der Waals surface area contributed by atoms with Crippen molar-refractivity contribution in [3.05, 3.63) is 24.2 Å². The SMILES string of the molecule is CN(CC(=O)NCCCN(Cc1ccco1)C1CCCC1)c1nnc(N2CCCC2=O)s1. The molecule has 0 aromatic carbocycles. The van der Waals surface area contributed by atoms with Crippen molar-refractivity contribution in [2.75, 3.05) is 43.0 Å².